The van der Waals surface area contributed by atoms with Crippen molar-refractivity contribution in [2.45, 2.75) is 52.4 Å². The molecule has 0 amide bonds. The maximum Gasteiger partial charge on any atom is 0.142 e. The molecule has 1 aliphatic carbocycles. The van der Waals surface area contributed by atoms with Gasteiger partial charge in [0.1, 0.15) is 11.2 Å². The van der Waals surface area contributed by atoms with Gasteiger partial charge in [0.25, 0.3) is 0 Å². The van der Waals surface area contributed by atoms with Crippen LogP contribution in [0.1, 0.15) is 56.9 Å². The van der Waals surface area contributed by atoms with E-state index in [-0.39, 0.29) is 10.8 Å². The van der Waals surface area contributed by atoms with E-state index in [0.29, 0.717) is 0 Å². The van der Waals surface area contributed by atoms with Crippen LogP contribution in [0, 0.1) is 6.92 Å². The largest absolute Gasteiger partial charge is 0.455 e. The third kappa shape index (κ3) is 2.31. The molecule has 0 fully saturated rings. The van der Waals surface area contributed by atoms with Crippen LogP contribution in [0.25, 0.3) is 44.0 Å². The van der Waals surface area contributed by atoms with Crippen LogP contribution in [0.5, 0.6) is 0 Å². The van der Waals surface area contributed by atoms with E-state index in [1.165, 1.54) is 43.8 Å². The molecule has 154 valence electrons. The first-order valence-corrected chi connectivity index (χ1v) is 11.1. The third-order valence-corrected chi connectivity index (χ3v) is 7.11. The second-order valence-electron chi connectivity index (χ2n) is 10.5. The van der Waals surface area contributed by atoms with Crippen LogP contribution in [0.4, 0.5) is 0 Å². The van der Waals surface area contributed by atoms with Gasteiger partial charge in [-0.25, -0.2) is 0 Å². The molecule has 0 N–H and O–H groups in total. The maximum absolute atomic E-state index is 6.65. The Morgan fingerprint density at radius 2 is 1.65 bits per heavy atom. The molecule has 2 heteroatoms. The van der Waals surface area contributed by atoms with E-state index < -0.39 is 0 Å². The molecule has 0 aliphatic heterocycles. The maximum atomic E-state index is 6.65. The van der Waals surface area contributed by atoms with Crippen molar-refractivity contribution >= 4 is 32.7 Å². The summed E-state index contributed by atoms with van der Waals surface area (Å²) >= 11 is 0. The second-order valence-corrected chi connectivity index (χ2v) is 10.5. The van der Waals surface area contributed by atoms with Crippen molar-refractivity contribution in [2.24, 2.45) is 0 Å². The monoisotopic (exact) mass is 405 g/mol. The summed E-state index contributed by atoms with van der Waals surface area (Å²) in [6, 6.07) is 17.8. The number of hydrogen-bond acceptors (Lipinski definition) is 2. The first-order chi connectivity index (χ1) is 14.7. The van der Waals surface area contributed by atoms with E-state index in [4.69, 9.17) is 9.40 Å². The molecular formula is C29H27NO. The summed E-state index contributed by atoms with van der Waals surface area (Å²) in [6.45, 7) is 13.6. The number of benzene rings is 3. The summed E-state index contributed by atoms with van der Waals surface area (Å²) < 4.78 is 6.65. The number of aryl methyl sites for hydroxylation is 1. The molecule has 2 nitrogen and oxygen atoms in total. The van der Waals surface area contributed by atoms with Crippen molar-refractivity contribution in [3.05, 3.63) is 77.0 Å². The fourth-order valence-corrected chi connectivity index (χ4v) is 5.58. The standard InChI is InChI=1S/C29H27NO/c1-16-15-30-25-19-12-11-17-9-7-8-10-18(17)24(19)29(5,6)20-13-14-21(28(2,3)4)27-22(20)23(25)26(16)31-27/h7-15H,1-6H3. The van der Waals surface area contributed by atoms with Gasteiger partial charge in [-0.05, 0) is 34.2 Å². The SMILES string of the molecule is Cc1cnc2c3c1oc1c(C(C)(C)C)ccc(c13)C(C)(C)c1c-2ccc2ccccc12. The molecule has 0 unspecified atom stereocenters. The lowest BCUT2D eigenvalue weighted by Crippen LogP contribution is -2.21. The normalized spacial score (nSPS) is 15.0. The van der Waals surface area contributed by atoms with Gasteiger partial charge < -0.3 is 4.42 Å². The molecule has 0 radical (unpaired) electrons. The number of furan rings is 1. The molecule has 0 saturated heterocycles. The predicted molar refractivity (Wildman–Crippen MR) is 130 cm³/mol. The Balaban J connectivity index is 1.92. The van der Waals surface area contributed by atoms with Crippen LogP contribution in [-0.4, -0.2) is 4.98 Å². The highest BCUT2D eigenvalue weighted by molar-refractivity contribution is 6.17. The minimum absolute atomic E-state index is 0.0100. The van der Waals surface area contributed by atoms with Gasteiger partial charge in [0.2, 0.25) is 0 Å². The van der Waals surface area contributed by atoms with E-state index in [0.717, 1.165) is 22.4 Å². The Morgan fingerprint density at radius 1 is 0.871 bits per heavy atom. The number of hydrogen-bond donors (Lipinski definition) is 0. The molecule has 0 saturated carbocycles. The number of aromatic nitrogens is 1. The van der Waals surface area contributed by atoms with Gasteiger partial charge in [0, 0.05) is 33.7 Å². The molecule has 0 bridgehead atoms. The van der Waals surface area contributed by atoms with E-state index in [9.17, 15) is 0 Å². The van der Waals surface area contributed by atoms with Crippen molar-refractivity contribution in [2.75, 3.05) is 0 Å². The Hall–Kier alpha value is -3.13. The van der Waals surface area contributed by atoms with Crippen LogP contribution >= 0.6 is 0 Å². The molecule has 5 aromatic rings. The predicted octanol–water partition coefficient (Wildman–Crippen LogP) is 8.05. The highest BCUT2D eigenvalue weighted by Crippen LogP contribution is 2.52. The zero-order valence-electron chi connectivity index (χ0n) is 19.1. The smallest absolute Gasteiger partial charge is 0.142 e. The summed E-state index contributed by atoms with van der Waals surface area (Å²) in [6.07, 6.45) is 1.97. The van der Waals surface area contributed by atoms with Crippen LogP contribution in [0.3, 0.4) is 0 Å². The summed E-state index contributed by atoms with van der Waals surface area (Å²) in [5, 5.41) is 4.97. The van der Waals surface area contributed by atoms with E-state index in [2.05, 4.69) is 90.1 Å². The molecular weight excluding hydrogens is 378 g/mol. The van der Waals surface area contributed by atoms with Gasteiger partial charge in [0.15, 0.2) is 0 Å². The average molecular weight is 406 g/mol. The van der Waals surface area contributed by atoms with Crippen molar-refractivity contribution < 1.29 is 4.42 Å². The van der Waals surface area contributed by atoms with Crippen LogP contribution < -0.4 is 0 Å². The highest BCUT2D eigenvalue weighted by atomic mass is 16.3. The minimum Gasteiger partial charge on any atom is -0.455 e. The Morgan fingerprint density at radius 3 is 2.42 bits per heavy atom. The van der Waals surface area contributed by atoms with E-state index in [1.54, 1.807) is 0 Å². The molecule has 0 spiro atoms. The lowest BCUT2D eigenvalue weighted by molar-refractivity contribution is 0.570. The molecule has 0 atom stereocenters. The quantitative estimate of drug-likeness (QED) is 0.260. The third-order valence-electron chi connectivity index (χ3n) is 7.11. The van der Waals surface area contributed by atoms with Gasteiger partial charge in [-0.15, -0.1) is 0 Å². The van der Waals surface area contributed by atoms with E-state index in [1.807, 2.05) is 6.20 Å². The fourth-order valence-electron chi connectivity index (χ4n) is 5.58. The Kier molecular flexibility index (Phi) is 3.46. The lowest BCUT2D eigenvalue weighted by atomic mass is 9.73. The zero-order chi connectivity index (χ0) is 21.7. The lowest BCUT2D eigenvalue weighted by Gasteiger charge is -2.30. The van der Waals surface area contributed by atoms with Crippen molar-refractivity contribution in [1.29, 1.82) is 0 Å². The number of fused-ring (bicyclic) bond motifs is 4. The first kappa shape index (κ1) is 18.6. The van der Waals surface area contributed by atoms with Crippen LogP contribution in [-0.2, 0) is 10.8 Å². The highest BCUT2D eigenvalue weighted by Gasteiger charge is 2.37. The zero-order valence-corrected chi connectivity index (χ0v) is 19.1. The number of pyridine rings is 1. The van der Waals surface area contributed by atoms with Crippen molar-refractivity contribution in [3.8, 4) is 11.3 Å². The molecule has 3 aromatic carbocycles. The summed E-state index contributed by atoms with van der Waals surface area (Å²) in [4.78, 5) is 5.00. The number of rotatable bonds is 0. The van der Waals surface area contributed by atoms with Crippen molar-refractivity contribution in [1.82, 2.24) is 4.98 Å². The van der Waals surface area contributed by atoms with Gasteiger partial charge in [-0.1, -0.05) is 83.1 Å². The summed E-state index contributed by atoms with van der Waals surface area (Å²) in [5.74, 6) is 0. The minimum atomic E-state index is -0.198. The topological polar surface area (TPSA) is 26.0 Å². The van der Waals surface area contributed by atoms with Crippen LogP contribution in [0.15, 0.2) is 59.1 Å². The second kappa shape index (κ2) is 5.76. The molecule has 2 heterocycles. The summed E-state index contributed by atoms with van der Waals surface area (Å²) in [7, 11) is 0. The van der Waals surface area contributed by atoms with Gasteiger partial charge in [-0.3, -0.25) is 4.98 Å². The Labute approximate surface area is 182 Å². The van der Waals surface area contributed by atoms with E-state index >= 15 is 0 Å². The number of nitrogens with zero attached hydrogens (tertiary/aromatic N) is 1. The van der Waals surface area contributed by atoms with Gasteiger partial charge >= 0.3 is 0 Å². The first-order valence-electron chi connectivity index (χ1n) is 11.1. The molecule has 31 heavy (non-hydrogen) atoms. The van der Waals surface area contributed by atoms with Gasteiger partial charge in [-0.2, -0.15) is 0 Å². The summed E-state index contributed by atoms with van der Waals surface area (Å²) in [5.41, 5.74) is 9.03. The Bertz CT molecular complexity index is 1540. The molecule has 2 aromatic heterocycles. The molecule has 1 aliphatic rings. The van der Waals surface area contributed by atoms with Crippen molar-refractivity contribution in [3.63, 3.8) is 0 Å². The fraction of sp³-hybridized carbons (Fsp3) is 0.276. The van der Waals surface area contributed by atoms with Crippen LogP contribution in [0.2, 0.25) is 0 Å². The van der Waals surface area contributed by atoms with Gasteiger partial charge in [0.05, 0.1) is 11.1 Å². The average Bonchev–Trinajstić information content (AvgIpc) is 3.09. The molecule has 6 rings (SSSR count).